The van der Waals surface area contributed by atoms with Crippen LogP contribution < -0.4 is 15.8 Å². The molecule has 0 unspecified atom stereocenters. The average molecular weight is 479 g/mol. The van der Waals surface area contributed by atoms with Crippen LogP contribution in [0, 0.1) is 21.3 Å². The maximum atomic E-state index is 13.3. The van der Waals surface area contributed by atoms with E-state index in [4.69, 9.17) is 5.73 Å². The zero-order valence-corrected chi connectivity index (χ0v) is 19.2. The molecule has 1 aliphatic carbocycles. The van der Waals surface area contributed by atoms with E-state index in [1.807, 2.05) is 6.92 Å². The van der Waals surface area contributed by atoms with Gasteiger partial charge in [-0.25, -0.2) is 17.5 Å². The van der Waals surface area contributed by atoms with E-state index in [-0.39, 0.29) is 28.0 Å². The molecule has 1 fully saturated rings. The molecule has 1 saturated carbocycles. The summed E-state index contributed by atoms with van der Waals surface area (Å²) >= 11 is 0. The number of amides is 1. The summed E-state index contributed by atoms with van der Waals surface area (Å²) in [6.07, 6.45) is 1.44. The predicted octanol–water partition coefficient (Wildman–Crippen LogP) is 3.27. The summed E-state index contributed by atoms with van der Waals surface area (Å²) in [5, 5.41) is 13.9. The van der Waals surface area contributed by atoms with Crippen LogP contribution in [0.4, 0.5) is 15.8 Å². The van der Waals surface area contributed by atoms with Crippen molar-refractivity contribution < 1.29 is 22.5 Å². The SMILES string of the molecule is CNc1ccc(S(=O)(=O)NC2CCC(C(N)=O)([C@H](C)c3ccc(F)cc3)CC2)cc1[N+](=O)[O-]. The van der Waals surface area contributed by atoms with E-state index in [9.17, 15) is 27.7 Å². The summed E-state index contributed by atoms with van der Waals surface area (Å²) < 4.78 is 41.7. The van der Waals surface area contributed by atoms with Gasteiger partial charge in [-0.15, -0.1) is 0 Å². The third kappa shape index (κ3) is 4.98. The lowest BCUT2D eigenvalue weighted by Gasteiger charge is -2.42. The van der Waals surface area contributed by atoms with Crippen molar-refractivity contribution in [2.45, 2.75) is 49.5 Å². The second kappa shape index (κ2) is 9.44. The van der Waals surface area contributed by atoms with Gasteiger partial charge in [-0.3, -0.25) is 14.9 Å². The Balaban J connectivity index is 1.77. The zero-order chi connectivity index (χ0) is 24.4. The molecule has 1 atom stereocenters. The predicted molar refractivity (Wildman–Crippen MR) is 122 cm³/mol. The highest BCUT2D eigenvalue weighted by molar-refractivity contribution is 7.89. The van der Waals surface area contributed by atoms with E-state index in [0.717, 1.165) is 11.6 Å². The van der Waals surface area contributed by atoms with Crippen LogP contribution in [0.2, 0.25) is 0 Å². The number of carbonyl (C=O) groups excluding carboxylic acids is 1. The highest BCUT2D eigenvalue weighted by Gasteiger charge is 2.45. The van der Waals surface area contributed by atoms with E-state index in [2.05, 4.69) is 10.0 Å². The van der Waals surface area contributed by atoms with Crippen molar-refractivity contribution in [3.63, 3.8) is 0 Å². The quantitative estimate of drug-likeness (QED) is 0.392. The Kier molecular flexibility index (Phi) is 7.03. The van der Waals surface area contributed by atoms with Crippen molar-refractivity contribution in [2.75, 3.05) is 12.4 Å². The van der Waals surface area contributed by atoms with Crippen molar-refractivity contribution >= 4 is 27.3 Å². The summed E-state index contributed by atoms with van der Waals surface area (Å²) in [6, 6.07) is 9.12. The molecule has 0 aliphatic heterocycles. The van der Waals surface area contributed by atoms with Crippen molar-refractivity contribution in [1.82, 2.24) is 4.72 Å². The van der Waals surface area contributed by atoms with Crippen LogP contribution in [0.1, 0.15) is 44.1 Å². The number of rotatable bonds is 8. The summed E-state index contributed by atoms with van der Waals surface area (Å²) in [5.41, 5.74) is 5.55. The number of nitro groups is 1. The number of benzene rings is 2. The summed E-state index contributed by atoms with van der Waals surface area (Å²) in [7, 11) is -2.51. The minimum Gasteiger partial charge on any atom is -0.383 e. The Morgan fingerprint density at radius 1 is 1.21 bits per heavy atom. The van der Waals surface area contributed by atoms with Gasteiger partial charge in [0, 0.05) is 19.2 Å². The van der Waals surface area contributed by atoms with Crippen molar-refractivity contribution in [1.29, 1.82) is 0 Å². The van der Waals surface area contributed by atoms with Gasteiger partial charge < -0.3 is 11.1 Å². The van der Waals surface area contributed by atoms with Crippen LogP contribution in [-0.4, -0.2) is 32.3 Å². The topological polar surface area (TPSA) is 144 Å². The highest BCUT2D eigenvalue weighted by atomic mass is 32.2. The molecule has 0 aromatic heterocycles. The molecule has 1 amide bonds. The van der Waals surface area contributed by atoms with Gasteiger partial charge in [0.2, 0.25) is 15.9 Å². The largest absolute Gasteiger partial charge is 0.383 e. The lowest BCUT2D eigenvalue weighted by molar-refractivity contribution is -0.384. The van der Waals surface area contributed by atoms with Crippen LogP contribution >= 0.6 is 0 Å². The number of carbonyl (C=O) groups is 1. The second-order valence-corrected chi connectivity index (χ2v) is 10.1. The first-order chi connectivity index (χ1) is 15.5. The van der Waals surface area contributed by atoms with E-state index in [1.54, 1.807) is 12.1 Å². The molecule has 0 radical (unpaired) electrons. The number of nitrogens with zero attached hydrogens (tertiary/aromatic N) is 1. The minimum atomic E-state index is -4.02. The fraction of sp³-hybridized carbons (Fsp3) is 0.409. The fourth-order valence-corrected chi connectivity index (χ4v) is 5.87. The van der Waals surface area contributed by atoms with E-state index in [1.165, 1.54) is 31.3 Å². The van der Waals surface area contributed by atoms with Gasteiger partial charge in [-0.05, 0) is 61.4 Å². The molecule has 4 N–H and O–H groups in total. The van der Waals surface area contributed by atoms with Gasteiger partial charge in [-0.2, -0.15) is 0 Å². The lowest BCUT2D eigenvalue weighted by atomic mass is 9.63. The normalized spacial score (nSPS) is 21.8. The Bertz CT molecular complexity index is 1150. The first kappa shape index (κ1) is 24.6. The number of nitro benzene ring substituents is 1. The number of hydrogen-bond acceptors (Lipinski definition) is 6. The van der Waals surface area contributed by atoms with Crippen LogP contribution in [-0.2, 0) is 14.8 Å². The molecule has 2 aromatic carbocycles. The van der Waals surface area contributed by atoms with E-state index in [0.29, 0.717) is 25.7 Å². The van der Waals surface area contributed by atoms with Gasteiger partial charge in [0.1, 0.15) is 11.5 Å². The number of primary amides is 1. The smallest absolute Gasteiger partial charge is 0.293 e. The third-order valence-electron chi connectivity index (χ3n) is 6.63. The molecule has 0 bridgehead atoms. The van der Waals surface area contributed by atoms with Crippen molar-refractivity contribution in [3.05, 3.63) is 64.0 Å². The van der Waals surface area contributed by atoms with Gasteiger partial charge in [0.05, 0.1) is 15.2 Å². The van der Waals surface area contributed by atoms with Gasteiger partial charge in [0.25, 0.3) is 5.69 Å². The molecule has 2 aromatic rings. The van der Waals surface area contributed by atoms with Gasteiger partial charge in [0.15, 0.2) is 0 Å². The molecule has 0 spiro atoms. The zero-order valence-electron chi connectivity index (χ0n) is 18.4. The average Bonchev–Trinajstić information content (AvgIpc) is 2.78. The maximum absolute atomic E-state index is 13.3. The highest BCUT2D eigenvalue weighted by Crippen LogP contribution is 2.47. The Hall–Kier alpha value is -3.05. The Labute approximate surface area is 191 Å². The van der Waals surface area contributed by atoms with Crippen molar-refractivity contribution in [3.8, 4) is 0 Å². The number of nitrogens with one attached hydrogen (secondary N) is 2. The number of halogens is 1. The van der Waals surface area contributed by atoms with Crippen LogP contribution in [0.5, 0.6) is 0 Å². The standard InChI is InChI=1S/C22H27FN4O5S/c1-14(15-3-5-16(23)6-4-15)22(21(24)28)11-9-17(10-12-22)26-33(31,32)18-7-8-19(25-2)20(13-18)27(29)30/h3-8,13-14,17,25-26H,9-12H2,1-2H3,(H2,24,28)/t14-,17?,22?/m1/s1. The lowest BCUT2D eigenvalue weighted by Crippen LogP contribution is -2.48. The number of nitrogens with two attached hydrogens (primary N) is 1. The maximum Gasteiger partial charge on any atom is 0.293 e. The van der Waals surface area contributed by atoms with Gasteiger partial charge >= 0.3 is 0 Å². The molecule has 0 heterocycles. The van der Waals surface area contributed by atoms with Crippen LogP contribution in [0.25, 0.3) is 0 Å². The molecule has 33 heavy (non-hydrogen) atoms. The molecule has 1 aliphatic rings. The first-order valence-corrected chi connectivity index (χ1v) is 12.0. The van der Waals surface area contributed by atoms with Crippen LogP contribution in [0.15, 0.2) is 47.4 Å². The third-order valence-corrected chi connectivity index (χ3v) is 8.15. The Morgan fingerprint density at radius 3 is 2.33 bits per heavy atom. The van der Waals surface area contributed by atoms with Gasteiger partial charge in [-0.1, -0.05) is 19.1 Å². The molecule has 3 rings (SSSR count). The molecule has 178 valence electrons. The number of sulfonamides is 1. The Morgan fingerprint density at radius 2 is 1.82 bits per heavy atom. The number of anilines is 1. The molecule has 9 nitrogen and oxygen atoms in total. The second-order valence-electron chi connectivity index (χ2n) is 8.38. The molecular formula is C22H27FN4O5S. The van der Waals surface area contributed by atoms with Crippen molar-refractivity contribution in [2.24, 2.45) is 11.1 Å². The van der Waals surface area contributed by atoms with Crippen LogP contribution in [0.3, 0.4) is 0 Å². The molecule has 11 heteroatoms. The molecular weight excluding hydrogens is 451 g/mol. The molecule has 0 saturated heterocycles. The monoisotopic (exact) mass is 478 g/mol. The first-order valence-electron chi connectivity index (χ1n) is 10.5. The summed E-state index contributed by atoms with van der Waals surface area (Å²) in [6.45, 7) is 1.87. The summed E-state index contributed by atoms with van der Waals surface area (Å²) in [4.78, 5) is 22.9. The summed E-state index contributed by atoms with van der Waals surface area (Å²) in [5.74, 6) is -1.12. The minimum absolute atomic E-state index is 0.206. The van der Waals surface area contributed by atoms with E-state index < -0.39 is 32.3 Å². The van der Waals surface area contributed by atoms with E-state index >= 15 is 0 Å². The number of hydrogen-bond donors (Lipinski definition) is 3. The fourth-order valence-electron chi connectivity index (χ4n) is 4.54.